The minimum atomic E-state index is -1.98. The van der Waals surface area contributed by atoms with Gasteiger partial charge in [-0.3, -0.25) is 4.79 Å². The van der Waals surface area contributed by atoms with Crippen molar-refractivity contribution >= 4 is 11.9 Å². The third-order valence-electron chi connectivity index (χ3n) is 7.26. The van der Waals surface area contributed by atoms with Crippen LogP contribution in [0.4, 0.5) is 0 Å². The minimum absolute atomic E-state index is 0.146. The van der Waals surface area contributed by atoms with Crippen molar-refractivity contribution in [2.75, 3.05) is 6.61 Å². The molecule has 0 saturated carbocycles. The molecule has 5 N–H and O–H groups in total. The first-order valence-electron chi connectivity index (χ1n) is 14.9. The lowest BCUT2D eigenvalue weighted by Gasteiger charge is -2.28. The second-order valence-corrected chi connectivity index (χ2v) is 10.5. The number of hydrogen-bond donors (Lipinski definition) is 5. The molecule has 220 valence electrons. The molecule has 0 saturated heterocycles. The Bertz CT molecular complexity index is 574. The van der Waals surface area contributed by atoms with Crippen LogP contribution in [0.2, 0.25) is 0 Å². The van der Waals surface area contributed by atoms with E-state index in [0.717, 1.165) is 19.3 Å². The van der Waals surface area contributed by atoms with Crippen molar-refractivity contribution in [3.05, 3.63) is 0 Å². The van der Waals surface area contributed by atoms with E-state index in [1.807, 2.05) is 6.92 Å². The van der Waals surface area contributed by atoms with Crippen LogP contribution in [-0.4, -0.2) is 69.4 Å². The molecule has 0 rings (SSSR count). The summed E-state index contributed by atoms with van der Waals surface area (Å²) in [6.45, 7) is 7.78. The number of ether oxygens (including phenoxy) is 1. The van der Waals surface area contributed by atoms with Crippen molar-refractivity contribution < 1.29 is 34.8 Å². The van der Waals surface area contributed by atoms with Crippen LogP contribution in [-0.2, 0) is 14.3 Å². The molecular formula is C29H57NO7. The molecule has 2 unspecified atom stereocenters. The molecule has 0 aliphatic heterocycles. The Balaban J connectivity index is 4.16. The Labute approximate surface area is 225 Å². The van der Waals surface area contributed by atoms with Crippen molar-refractivity contribution in [2.24, 2.45) is 5.92 Å². The first-order chi connectivity index (χ1) is 17.7. The molecule has 0 radical (unpaired) electrons. The zero-order valence-electron chi connectivity index (χ0n) is 24.0. The van der Waals surface area contributed by atoms with Crippen molar-refractivity contribution in [3.8, 4) is 0 Å². The summed E-state index contributed by atoms with van der Waals surface area (Å²) in [6.07, 6.45) is 11.3. The van der Waals surface area contributed by atoms with E-state index in [4.69, 9.17) is 4.74 Å². The molecule has 8 heteroatoms. The SMILES string of the molecule is CCCCCCCCCCCCCCCCOC(=O)C(NC(=O)[C@H](O)[C@@H](O)[C@H](O)[C@H](O)CC)C(C)CC. The van der Waals surface area contributed by atoms with Gasteiger partial charge in [-0.15, -0.1) is 0 Å². The van der Waals surface area contributed by atoms with Gasteiger partial charge in [0.1, 0.15) is 18.2 Å². The first kappa shape index (κ1) is 35.8. The van der Waals surface area contributed by atoms with Gasteiger partial charge in [0.15, 0.2) is 6.10 Å². The highest BCUT2D eigenvalue weighted by molar-refractivity contribution is 5.87. The second kappa shape index (κ2) is 22.7. The van der Waals surface area contributed by atoms with Crippen molar-refractivity contribution in [1.29, 1.82) is 0 Å². The summed E-state index contributed by atoms with van der Waals surface area (Å²) in [5, 5.41) is 42.1. The lowest BCUT2D eigenvalue weighted by atomic mass is 9.97. The van der Waals surface area contributed by atoms with Gasteiger partial charge in [0, 0.05) is 0 Å². The normalized spacial score (nSPS) is 16.4. The molecule has 6 atom stereocenters. The monoisotopic (exact) mass is 531 g/mol. The van der Waals surface area contributed by atoms with Gasteiger partial charge < -0.3 is 30.5 Å². The number of esters is 1. The van der Waals surface area contributed by atoms with Crippen LogP contribution in [0.5, 0.6) is 0 Å². The predicted octanol–water partition coefficient (Wildman–Crippen LogP) is 4.40. The van der Waals surface area contributed by atoms with E-state index in [1.54, 1.807) is 13.8 Å². The van der Waals surface area contributed by atoms with Gasteiger partial charge in [-0.2, -0.15) is 0 Å². The molecule has 0 aromatic heterocycles. The maximum absolute atomic E-state index is 12.6. The average molecular weight is 532 g/mol. The molecule has 0 aliphatic carbocycles. The highest BCUT2D eigenvalue weighted by Crippen LogP contribution is 2.15. The zero-order chi connectivity index (χ0) is 28.1. The van der Waals surface area contributed by atoms with Crippen LogP contribution in [0.1, 0.15) is 130 Å². The van der Waals surface area contributed by atoms with E-state index in [-0.39, 0.29) is 18.9 Å². The summed E-state index contributed by atoms with van der Waals surface area (Å²) in [4.78, 5) is 25.0. The number of nitrogens with one attached hydrogen (secondary N) is 1. The molecule has 0 aromatic carbocycles. The van der Waals surface area contributed by atoms with Crippen molar-refractivity contribution in [1.82, 2.24) is 5.32 Å². The summed E-state index contributed by atoms with van der Waals surface area (Å²) in [6, 6.07) is -0.973. The van der Waals surface area contributed by atoms with E-state index in [2.05, 4.69) is 12.2 Å². The largest absolute Gasteiger partial charge is 0.464 e. The molecule has 1 amide bonds. The average Bonchev–Trinajstić information content (AvgIpc) is 2.91. The van der Waals surface area contributed by atoms with Gasteiger partial charge in [0.25, 0.3) is 5.91 Å². The number of carbonyl (C=O) groups excluding carboxylic acids is 2. The van der Waals surface area contributed by atoms with Crippen molar-refractivity contribution in [2.45, 2.75) is 161 Å². The number of aliphatic hydroxyl groups excluding tert-OH is 4. The fourth-order valence-electron chi connectivity index (χ4n) is 4.28. The van der Waals surface area contributed by atoms with Gasteiger partial charge >= 0.3 is 5.97 Å². The Hall–Kier alpha value is -1.22. The quantitative estimate of drug-likeness (QED) is 0.0920. The molecule has 0 spiro atoms. The van der Waals surface area contributed by atoms with Crippen LogP contribution in [0.25, 0.3) is 0 Å². The number of carbonyl (C=O) groups is 2. The summed E-state index contributed by atoms with van der Waals surface area (Å²) >= 11 is 0. The van der Waals surface area contributed by atoms with E-state index in [1.165, 1.54) is 70.6 Å². The molecule has 0 aromatic rings. The Morgan fingerprint density at radius 2 is 1.14 bits per heavy atom. The lowest BCUT2D eigenvalue weighted by Crippen LogP contribution is -2.55. The molecule has 0 heterocycles. The molecule has 0 fully saturated rings. The maximum Gasteiger partial charge on any atom is 0.328 e. The topological polar surface area (TPSA) is 136 Å². The molecule has 0 bridgehead atoms. The number of aliphatic hydroxyl groups is 4. The van der Waals surface area contributed by atoms with Crippen LogP contribution in [0.15, 0.2) is 0 Å². The Kier molecular flexibility index (Phi) is 22.0. The fourth-order valence-corrected chi connectivity index (χ4v) is 4.28. The second-order valence-electron chi connectivity index (χ2n) is 10.5. The first-order valence-corrected chi connectivity index (χ1v) is 14.9. The lowest BCUT2D eigenvalue weighted by molar-refractivity contribution is -0.155. The Morgan fingerprint density at radius 1 is 0.676 bits per heavy atom. The van der Waals surface area contributed by atoms with Gasteiger partial charge in [-0.1, -0.05) is 118 Å². The van der Waals surface area contributed by atoms with Gasteiger partial charge in [-0.25, -0.2) is 4.79 Å². The number of rotatable bonds is 24. The van der Waals surface area contributed by atoms with E-state index in [9.17, 15) is 30.0 Å². The number of hydrogen-bond acceptors (Lipinski definition) is 7. The van der Waals surface area contributed by atoms with Crippen LogP contribution >= 0.6 is 0 Å². The minimum Gasteiger partial charge on any atom is -0.464 e. The van der Waals surface area contributed by atoms with Crippen LogP contribution < -0.4 is 5.32 Å². The fraction of sp³-hybridized carbons (Fsp3) is 0.931. The van der Waals surface area contributed by atoms with Crippen molar-refractivity contribution in [3.63, 3.8) is 0 Å². The van der Waals surface area contributed by atoms with E-state index >= 15 is 0 Å². The maximum atomic E-state index is 12.6. The van der Waals surface area contributed by atoms with E-state index < -0.39 is 42.3 Å². The van der Waals surface area contributed by atoms with Gasteiger partial charge in [0.05, 0.1) is 12.7 Å². The summed E-state index contributed by atoms with van der Waals surface area (Å²) in [7, 11) is 0. The summed E-state index contributed by atoms with van der Waals surface area (Å²) in [5.74, 6) is -1.81. The summed E-state index contributed by atoms with van der Waals surface area (Å²) in [5.41, 5.74) is 0. The van der Waals surface area contributed by atoms with Gasteiger partial charge in [0.2, 0.25) is 0 Å². The number of unbranched alkanes of at least 4 members (excludes halogenated alkanes) is 13. The molecule has 37 heavy (non-hydrogen) atoms. The third-order valence-corrected chi connectivity index (χ3v) is 7.26. The zero-order valence-corrected chi connectivity index (χ0v) is 24.0. The highest BCUT2D eigenvalue weighted by atomic mass is 16.5. The predicted molar refractivity (Wildman–Crippen MR) is 147 cm³/mol. The molecule has 8 nitrogen and oxygen atoms in total. The third kappa shape index (κ3) is 16.4. The molecular weight excluding hydrogens is 474 g/mol. The summed E-state index contributed by atoms with van der Waals surface area (Å²) < 4.78 is 5.39. The number of amides is 1. The standard InChI is InChI=1S/C29H57NO7/c1-5-8-9-10-11-12-13-14-15-16-17-18-19-20-21-37-29(36)24(22(4)6-2)30-28(35)27(34)26(33)25(32)23(31)7-3/h22-27,31-34H,5-21H2,1-4H3,(H,30,35)/t22?,23-,24?,25-,26+,27-/m1/s1. The molecule has 0 aliphatic rings. The van der Waals surface area contributed by atoms with Gasteiger partial charge in [-0.05, 0) is 18.8 Å². The highest BCUT2D eigenvalue weighted by Gasteiger charge is 2.36. The Morgan fingerprint density at radius 3 is 1.57 bits per heavy atom. The van der Waals surface area contributed by atoms with Crippen LogP contribution in [0, 0.1) is 5.92 Å². The van der Waals surface area contributed by atoms with Crippen LogP contribution in [0.3, 0.4) is 0 Å². The smallest absolute Gasteiger partial charge is 0.328 e. The van der Waals surface area contributed by atoms with E-state index in [0.29, 0.717) is 6.42 Å².